The van der Waals surface area contributed by atoms with Crippen molar-refractivity contribution in [1.82, 2.24) is 4.98 Å². The Labute approximate surface area is 135 Å². The van der Waals surface area contributed by atoms with Crippen molar-refractivity contribution in [2.75, 3.05) is 5.32 Å². The molecule has 0 aliphatic carbocycles. The monoisotopic (exact) mass is 338 g/mol. The largest absolute Gasteiger partial charge is 0.361 e. The number of hydrogen-bond donors (Lipinski definition) is 2. The Kier molecular flexibility index (Phi) is 3.81. The highest BCUT2D eigenvalue weighted by Gasteiger charge is 2.13. The number of carbonyl (C=O) groups is 1. The standard InChI is InChI=1S/C15H9Cl3N2O/c16-10-6-11(17)14(12(18)7-10)20-15(21)9-1-2-13-8(5-9)3-4-19-13/h1-7,19H,(H,20,21). The number of rotatable bonds is 2. The van der Waals surface area contributed by atoms with Gasteiger partial charge in [-0.2, -0.15) is 0 Å². The van der Waals surface area contributed by atoms with Crippen LogP contribution in [0.15, 0.2) is 42.6 Å². The summed E-state index contributed by atoms with van der Waals surface area (Å²) in [4.78, 5) is 15.4. The molecular formula is C15H9Cl3N2O. The molecule has 2 aromatic carbocycles. The average Bonchev–Trinajstić information content (AvgIpc) is 2.89. The fraction of sp³-hybridized carbons (Fsp3) is 0. The van der Waals surface area contributed by atoms with E-state index in [1.54, 1.807) is 12.1 Å². The molecule has 2 N–H and O–H groups in total. The summed E-state index contributed by atoms with van der Waals surface area (Å²) < 4.78 is 0. The Hall–Kier alpha value is -1.68. The van der Waals surface area contributed by atoms with Crippen molar-refractivity contribution in [2.24, 2.45) is 0 Å². The highest BCUT2D eigenvalue weighted by Crippen LogP contribution is 2.34. The van der Waals surface area contributed by atoms with E-state index in [2.05, 4.69) is 10.3 Å². The van der Waals surface area contributed by atoms with Gasteiger partial charge in [-0.25, -0.2) is 0 Å². The van der Waals surface area contributed by atoms with Gasteiger partial charge in [-0.15, -0.1) is 0 Å². The number of hydrogen-bond acceptors (Lipinski definition) is 1. The molecule has 1 aromatic heterocycles. The minimum atomic E-state index is -0.288. The van der Waals surface area contributed by atoms with Crippen LogP contribution in [0.25, 0.3) is 10.9 Å². The van der Waals surface area contributed by atoms with E-state index in [4.69, 9.17) is 34.8 Å². The van der Waals surface area contributed by atoms with E-state index in [-0.39, 0.29) is 5.91 Å². The van der Waals surface area contributed by atoms with E-state index < -0.39 is 0 Å². The molecule has 0 radical (unpaired) electrons. The topological polar surface area (TPSA) is 44.9 Å². The van der Waals surface area contributed by atoms with Gasteiger partial charge in [0.15, 0.2) is 0 Å². The molecule has 0 saturated heterocycles. The number of aromatic amines is 1. The Balaban J connectivity index is 1.92. The SMILES string of the molecule is O=C(Nc1c(Cl)cc(Cl)cc1Cl)c1ccc2[nH]ccc2c1. The predicted molar refractivity (Wildman–Crippen MR) is 87.7 cm³/mol. The maximum atomic E-state index is 12.3. The minimum absolute atomic E-state index is 0.288. The fourth-order valence-corrected chi connectivity index (χ4v) is 2.95. The lowest BCUT2D eigenvalue weighted by atomic mass is 10.1. The third-order valence-electron chi connectivity index (χ3n) is 3.06. The van der Waals surface area contributed by atoms with Gasteiger partial charge in [0.2, 0.25) is 0 Å². The molecule has 1 amide bonds. The Morgan fingerprint density at radius 3 is 2.43 bits per heavy atom. The van der Waals surface area contributed by atoms with Crippen LogP contribution in [0.2, 0.25) is 15.1 Å². The minimum Gasteiger partial charge on any atom is -0.361 e. The van der Waals surface area contributed by atoms with Crippen molar-refractivity contribution in [3.8, 4) is 0 Å². The number of nitrogens with one attached hydrogen (secondary N) is 2. The lowest BCUT2D eigenvalue weighted by Crippen LogP contribution is -2.12. The van der Waals surface area contributed by atoms with Gasteiger partial charge in [0, 0.05) is 27.7 Å². The van der Waals surface area contributed by atoms with E-state index >= 15 is 0 Å². The first-order valence-corrected chi connectivity index (χ1v) is 7.21. The molecule has 21 heavy (non-hydrogen) atoms. The molecule has 0 bridgehead atoms. The maximum Gasteiger partial charge on any atom is 0.255 e. The lowest BCUT2D eigenvalue weighted by Gasteiger charge is -2.10. The summed E-state index contributed by atoms with van der Waals surface area (Å²) in [6, 6.07) is 10.3. The van der Waals surface area contributed by atoms with Crippen molar-refractivity contribution < 1.29 is 4.79 Å². The van der Waals surface area contributed by atoms with Crippen molar-refractivity contribution in [1.29, 1.82) is 0 Å². The highest BCUT2D eigenvalue weighted by molar-refractivity contribution is 6.42. The summed E-state index contributed by atoms with van der Waals surface area (Å²) in [7, 11) is 0. The van der Waals surface area contributed by atoms with Crippen LogP contribution in [0.1, 0.15) is 10.4 Å². The van der Waals surface area contributed by atoms with Crippen LogP contribution in [0.3, 0.4) is 0 Å². The number of H-pyrrole nitrogens is 1. The number of fused-ring (bicyclic) bond motifs is 1. The van der Waals surface area contributed by atoms with Gasteiger partial charge in [-0.1, -0.05) is 34.8 Å². The van der Waals surface area contributed by atoms with Gasteiger partial charge >= 0.3 is 0 Å². The molecule has 3 nitrogen and oxygen atoms in total. The second kappa shape index (κ2) is 5.60. The van der Waals surface area contributed by atoms with E-state index in [0.717, 1.165) is 10.9 Å². The van der Waals surface area contributed by atoms with Crippen LogP contribution >= 0.6 is 34.8 Å². The molecular weight excluding hydrogens is 331 g/mol. The number of benzene rings is 2. The molecule has 3 aromatic rings. The van der Waals surface area contributed by atoms with Crippen molar-refractivity contribution in [2.45, 2.75) is 0 Å². The molecule has 0 unspecified atom stereocenters. The molecule has 6 heteroatoms. The summed E-state index contributed by atoms with van der Waals surface area (Å²) >= 11 is 18.0. The number of carbonyl (C=O) groups excluding carboxylic acids is 1. The van der Waals surface area contributed by atoms with Gasteiger partial charge in [0.05, 0.1) is 15.7 Å². The number of amides is 1. The molecule has 0 fully saturated rings. The number of anilines is 1. The first kappa shape index (κ1) is 14.3. The number of halogens is 3. The second-order valence-corrected chi connectivity index (χ2v) is 5.73. The molecule has 106 valence electrons. The Bertz CT molecular complexity index is 819. The van der Waals surface area contributed by atoms with Crippen LogP contribution in [-0.4, -0.2) is 10.9 Å². The third-order valence-corrected chi connectivity index (χ3v) is 3.88. The average molecular weight is 340 g/mol. The number of aromatic nitrogens is 1. The summed E-state index contributed by atoms with van der Waals surface area (Å²) in [5.74, 6) is -0.288. The van der Waals surface area contributed by atoms with Crippen molar-refractivity contribution in [3.05, 3.63) is 63.2 Å². The van der Waals surface area contributed by atoms with E-state index in [1.165, 1.54) is 12.1 Å². The van der Waals surface area contributed by atoms with E-state index in [0.29, 0.717) is 26.3 Å². The summed E-state index contributed by atoms with van der Waals surface area (Å²) in [5.41, 5.74) is 1.83. The summed E-state index contributed by atoms with van der Waals surface area (Å²) in [6.45, 7) is 0. The van der Waals surface area contributed by atoms with Crippen LogP contribution in [-0.2, 0) is 0 Å². The fourth-order valence-electron chi connectivity index (χ4n) is 2.04. The van der Waals surface area contributed by atoms with Crippen molar-refractivity contribution in [3.63, 3.8) is 0 Å². The Morgan fingerprint density at radius 2 is 1.71 bits per heavy atom. The van der Waals surface area contributed by atoms with Gasteiger partial charge < -0.3 is 10.3 Å². The van der Waals surface area contributed by atoms with Crippen molar-refractivity contribution >= 4 is 57.3 Å². The normalized spacial score (nSPS) is 10.8. The van der Waals surface area contributed by atoms with Crippen LogP contribution < -0.4 is 5.32 Å². The lowest BCUT2D eigenvalue weighted by molar-refractivity contribution is 0.102. The Morgan fingerprint density at radius 1 is 1.00 bits per heavy atom. The molecule has 0 spiro atoms. The second-order valence-electron chi connectivity index (χ2n) is 4.48. The third kappa shape index (κ3) is 2.86. The molecule has 0 aliphatic rings. The summed E-state index contributed by atoms with van der Waals surface area (Å²) in [5, 5.41) is 4.67. The molecule has 0 saturated carbocycles. The van der Waals surface area contributed by atoms with Gasteiger partial charge in [-0.3, -0.25) is 4.79 Å². The zero-order chi connectivity index (χ0) is 15.0. The molecule has 0 atom stereocenters. The predicted octanol–water partition coefficient (Wildman–Crippen LogP) is 5.38. The summed E-state index contributed by atoms with van der Waals surface area (Å²) in [6.07, 6.45) is 1.82. The van der Waals surface area contributed by atoms with Crippen LogP contribution in [0.5, 0.6) is 0 Å². The van der Waals surface area contributed by atoms with Gasteiger partial charge in [0.25, 0.3) is 5.91 Å². The smallest absolute Gasteiger partial charge is 0.255 e. The van der Waals surface area contributed by atoms with E-state index in [9.17, 15) is 4.79 Å². The van der Waals surface area contributed by atoms with Crippen LogP contribution in [0, 0.1) is 0 Å². The van der Waals surface area contributed by atoms with E-state index in [1.807, 2.05) is 18.3 Å². The molecule has 0 aliphatic heterocycles. The first-order valence-electron chi connectivity index (χ1n) is 6.07. The van der Waals surface area contributed by atoms with Gasteiger partial charge in [0.1, 0.15) is 0 Å². The molecule has 3 rings (SSSR count). The molecule has 1 heterocycles. The zero-order valence-electron chi connectivity index (χ0n) is 10.6. The first-order chi connectivity index (χ1) is 10.0. The maximum absolute atomic E-state index is 12.3. The quantitative estimate of drug-likeness (QED) is 0.647. The zero-order valence-corrected chi connectivity index (χ0v) is 12.9. The van der Waals surface area contributed by atoms with Crippen LogP contribution in [0.4, 0.5) is 5.69 Å². The van der Waals surface area contributed by atoms with Gasteiger partial charge in [-0.05, 0) is 36.4 Å². The highest BCUT2D eigenvalue weighted by atomic mass is 35.5.